The van der Waals surface area contributed by atoms with Crippen LogP contribution in [0.15, 0.2) is 30.0 Å². The molecule has 0 aliphatic heterocycles. The zero-order valence-electron chi connectivity index (χ0n) is 8.99. The number of carbonyl (C=O) groups excluding carboxylic acids is 1. The number of nitrogens with zero attached hydrogens (tertiary/aromatic N) is 1. The second kappa shape index (κ2) is 4.39. The van der Waals surface area contributed by atoms with E-state index in [1.807, 2.05) is 19.1 Å². The van der Waals surface area contributed by atoms with Gasteiger partial charge in [-0.05, 0) is 50.3 Å². The standard InChI is InChI=1S/C13H15NO/c1-10-7-8-12(9-14-10)13(15)11-5-3-2-4-6-11/h5,7-9H,2-4,6H2,1H3. The molecule has 1 aromatic heterocycles. The number of ketones is 1. The molecule has 0 fully saturated rings. The molecule has 2 rings (SSSR count). The van der Waals surface area contributed by atoms with Crippen LogP contribution in [0.1, 0.15) is 41.7 Å². The quantitative estimate of drug-likeness (QED) is 0.688. The van der Waals surface area contributed by atoms with Crippen molar-refractivity contribution in [2.75, 3.05) is 0 Å². The van der Waals surface area contributed by atoms with Gasteiger partial charge in [-0.3, -0.25) is 9.78 Å². The average molecular weight is 201 g/mol. The van der Waals surface area contributed by atoms with E-state index in [1.54, 1.807) is 6.20 Å². The molecule has 1 heterocycles. The summed E-state index contributed by atoms with van der Waals surface area (Å²) >= 11 is 0. The van der Waals surface area contributed by atoms with E-state index in [0.717, 1.165) is 30.5 Å². The molecule has 1 aliphatic carbocycles. The van der Waals surface area contributed by atoms with Gasteiger partial charge in [-0.2, -0.15) is 0 Å². The number of aryl methyl sites for hydroxylation is 1. The van der Waals surface area contributed by atoms with Gasteiger partial charge in [0.2, 0.25) is 0 Å². The normalized spacial score (nSPS) is 15.9. The van der Waals surface area contributed by atoms with Gasteiger partial charge in [0.1, 0.15) is 0 Å². The summed E-state index contributed by atoms with van der Waals surface area (Å²) in [4.78, 5) is 16.1. The molecule has 0 radical (unpaired) electrons. The third-order valence-corrected chi connectivity index (χ3v) is 2.76. The van der Waals surface area contributed by atoms with E-state index >= 15 is 0 Å². The van der Waals surface area contributed by atoms with E-state index in [1.165, 1.54) is 6.42 Å². The first kappa shape index (κ1) is 10.1. The predicted octanol–water partition coefficient (Wildman–Crippen LogP) is 3.07. The SMILES string of the molecule is Cc1ccc(C(=O)C2=CCCCC2)cn1. The second-order valence-corrected chi connectivity index (χ2v) is 3.99. The van der Waals surface area contributed by atoms with E-state index in [0.29, 0.717) is 5.56 Å². The predicted molar refractivity (Wildman–Crippen MR) is 59.9 cm³/mol. The number of pyridine rings is 1. The minimum absolute atomic E-state index is 0.155. The van der Waals surface area contributed by atoms with Crippen molar-refractivity contribution in [2.24, 2.45) is 0 Å². The van der Waals surface area contributed by atoms with Gasteiger partial charge >= 0.3 is 0 Å². The molecular weight excluding hydrogens is 186 g/mol. The fraction of sp³-hybridized carbons (Fsp3) is 0.385. The molecule has 0 aromatic carbocycles. The Morgan fingerprint density at radius 1 is 1.33 bits per heavy atom. The van der Waals surface area contributed by atoms with Crippen LogP contribution in [-0.2, 0) is 0 Å². The number of Topliss-reactive ketones (excluding diaryl/α,β-unsaturated/α-hetero) is 1. The monoisotopic (exact) mass is 201 g/mol. The summed E-state index contributed by atoms with van der Waals surface area (Å²) in [5.74, 6) is 0.155. The van der Waals surface area contributed by atoms with Crippen LogP contribution in [-0.4, -0.2) is 10.8 Å². The van der Waals surface area contributed by atoms with Crippen LogP contribution >= 0.6 is 0 Å². The van der Waals surface area contributed by atoms with Crippen LogP contribution in [0.4, 0.5) is 0 Å². The second-order valence-electron chi connectivity index (χ2n) is 3.99. The summed E-state index contributed by atoms with van der Waals surface area (Å²) in [5, 5.41) is 0. The zero-order valence-corrected chi connectivity index (χ0v) is 8.99. The maximum atomic E-state index is 12.0. The van der Waals surface area contributed by atoms with Crippen molar-refractivity contribution in [3.63, 3.8) is 0 Å². The largest absolute Gasteiger partial charge is 0.289 e. The smallest absolute Gasteiger partial charge is 0.190 e. The van der Waals surface area contributed by atoms with Crippen molar-refractivity contribution in [3.05, 3.63) is 41.2 Å². The van der Waals surface area contributed by atoms with Crippen molar-refractivity contribution < 1.29 is 4.79 Å². The summed E-state index contributed by atoms with van der Waals surface area (Å²) in [6, 6.07) is 3.75. The molecule has 78 valence electrons. The molecule has 1 aliphatic rings. The lowest BCUT2D eigenvalue weighted by Crippen LogP contribution is -2.06. The summed E-state index contributed by atoms with van der Waals surface area (Å²) in [5.41, 5.74) is 2.63. The molecule has 0 bridgehead atoms. The average Bonchev–Trinajstić information content (AvgIpc) is 2.30. The van der Waals surface area contributed by atoms with Crippen molar-refractivity contribution in [2.45, 2.75) is 32.6 Å². The van der Waals surface area contributed by atoms with E-state index in [2.05, 4.69) is 11.1 Å². The van der Waals surface area contributed by atoms with Gasteiger partial charge in [-0.15, -0.1) is 0 Å². The number of hydrogen-bond acceptors (Lipinski definition) is 2. The molecule has 1 aromatic rings. The van der Waals surface area contributed by atoms with E-state index in [9.17, 15) is 4.79 Å². The van der Waals surface area contributed by atoms with Gasteiger partial charge in [0.05, 0.1) is 0 Å². The Morgan fingerprint density at radius 2 is 2.20 bits per heavy atom. The van der Waals surface area contributed by atoms with Gasteiger partial charge in [0.15, 0.2) is 5.78 Å². The molecule has 0 saturated carbocycles. The Labute approximate surface area is 90.0 Å². The van der Waals surface area contributed by atoms with Crippen molar-refractivity contribution in [1.29, 1.82) is 0 Å². The minimum atomic E-state index is 0.155. The van der Waals surface area contributed by atoms with Crippen molar-refractivity contribution >= 4 is 5.78 Å². The maximum Gasteiger partial charge on any atom is 0.190 e. The highest BCUT2D eigenvalue weighted by Gasteiger charge is 2.14. The number of aromatic nitrogens is 1. The lowest BCUT2D eigenvalue weighted by atomic mass is 9.94. The minimum Gasteiger partial charge on any atom is -0.289 e. The Kier molecular flexibility index (Phi) is 2.95. The molecule has 0 saturated heterocycles. The summed E-state index contributed by atoms with van der Waals surface area (Å²) in [6.07, 6.45) is 8.06. The van der Waals surface area contributed by atoms with Gasteiger partial charge in [0.25, 0.3) is 0 Å². The molecule has 0 spiro atoms. The molecule has 0 amide bonds. The van der Waals surface area contributed by atoms with Gasteiger partial charge in [0, 0.05) is 17.5 Å². The third kappa shape index (κ3) is 2.32. The Bertz CT molecular complexity index is 390. The fourth-order valence-corrected chi connectivity index (χ4v) is 1.83. The summed E-state index contributed by atoms with van der Waals surface area (Å²) in [7, 11) is 0. The molecule has 15 heavy (non-hydrogen) atoms. The molecule has 2 nitrogen and oxygen atoms in total. The van der Waals surface area contributed by atoms with Crippen LogP contribution in [0.2, 0.25) is 0 Å². The molecule has 2 heteroatoms. The van der Waals surface area contributed by atoms with Gasteiger partial charge in [-0.1, -0.05) is 6.08 Å². The topological polar surface area (TPSA) is 30.0 Å². The van der Waals surface area contributed by atoms with Crippen LogP contribution in [0.5, 0.6) is 0 Å². The molecular formula is C13H15NO. The lowest BCUT2D eigenvalue weighted by Gasteiger charge is -2.11. The van der Waals surface area contributed by atoms with E-state index < -0.39 is 0 Å². The number of rotatable bonds is 2. The first-order valence-corrected chi connectivity index (χ1v) is 5.44. The van der Waals surface area contributed by atoms with Crippen LogP contribution in [0, 0.1) is 6.92 Å². The highest BCUT2D eigenvalue weighted by molar-refractivity contribution is 6.08. The maximum absolute atomic E-state index is 12.0. The van der Waals surface area contributed by atoms with Gasteiger partial charge in [-0.25, -0.2) is 0 Å². The van der Waals surface area contributed by atoms with Crippen LogP contribution in [0.3, 0.4) is 0 Å². The van der Waals surface area contributed by atoms with Gasteiger partial charge < -0.3 is 0 Å². The Morgan fingerprint density at radius 3 is 2.80 bits per heavy atom. The number of carbonyl (C=O) groups is 1. The lowest BCUT2D eigenvalue weighted by molar-refractivity contribution is 0.102. The molecule has 0 unspecified atom stereocenters. The highest BCUT2D eigenvalue weighted by Crippen LogP contribution is 2.20. The Hall–Kier alpha value is -1.44. The fourth-order valence-electron chi connectivity index (χ4n) is 1.83. The first-order chi connectivity index (χ1) is 7.27. The number of allylic oxidation sites excluding steroid dienone is 2. The summed E-state index contributed by atoms with van der Waals surface area (Å²) < 4.78 is 0. The van der Waals surface area contributed by atoms with E-state index in [-0.39, 0.29) is 5.78 Å². The molecule has 0 atom stereocenters. The van der Waals surface area contributed by atoms with E-state index in [4.69, 9.17) is 0 Å². The first-order valence-electron chi connectivity index (χ1n) is 5.44. The third-order valence-electron chi connectivity index (χ3n) is 2.76. The highest BCUT2D eigenvalue weighted by atomic mass is 16.1. The zero-order chi connectivity index (χ0) is 10.7. The number of hydrogen-bond donors (Lipinski definition) is 0. The van der Waals surface area contributed by atoms with Crippen molar-refractivity contribution in [3.8, 4) is 0 Å². The van der Waals surface area contributed by atoms with Crippen LogP contribution in [0.25, 0.3) is 0 Å². The molecule has 0 N–H and O–H groups in total. The Balaban J connectivity index is 2.20. The van der Waals surface area contributed by atoms with Crippen molar-refractivity contribution in [1.82, 2.24) is 4.98 Å². The summed E-state index contributed by atoms with van der Waals surface area (Å²) in [6.45, 7) is 1.92. The van der Waals surface area contributed by atoms with Crippen LogP contribution < -0.4 is 0 Å².